The minimum absolute atomic E-state index is 0.0650. The van der Waals surface area contributed by atoms with Crippen LogP contribution in [0.3, 0.4) is 0 Å². The zero-order valence-corrected chi connectivity index (χ0v) is 13.5. The van der Waals surface area contributed by atoms with E-state index < -0.39 is 10.0 Å². The van der Waals surface area contributed by atoms with Gasteiger partial charge < -0.3 is 5.32 Å². The third kappa shape index (κ3) is 4.34. The van der Waals surface area contributed by atoms with Crippen LogP contribution in [-0.2, 0) is 14.8 Å². The van der Waals surface area contributed by atoms with Crippen LogP contribution >= 0.6 is 23.2 Å². The van der Waals surface area contributed by atoms with Crippen LogP contribution < -0.4 is 5.32 Å². The Morgan fingerprint density at radius 1 is 1.35 bits per heavy atom. The normalized spacial score (nSPS) is 11.7. The SMILES string of the molecule is CCCNC(=O)CN(C)S(=O)(=O)c1cc(Cl)ccc1Cl. The van der Waals surface area contributed by atoms with Crippen molar-refractivity contribution in [2.75, 3.05) is 20.1 Å². The number of hydrogen-bond acceptors (Lipinski definition) is 3. The molecular weight excluding hydrogens is 323 g/mol. The van der Waals surface area contributed by atoms with E-state index in [1.54, 1.807) is 0 Å². The Kier molecular flexibility index (Phi) is 6.26. The second-order valence-corrected chi connectivity index (χ2v) is 7.04. The zero-order valence-electron chi connectivity index (χ0n) is 11.2. The van der Waals surface area contributed by atoms with Gasteiger partial charge in [-0.2, -0.15) is 4.31 Å². The molecule has 0 aliphatic heterocycles. The number of rotatable bonds is 6. The van der Waals surface area contributed by atoms with Crippen molar-refractivity contribution in [3.8, 4) is 0 Å². The molecule has 0 aliphatic carbocycles. The van der Waals surface area contributed by atoms with E-state index in [1.165, 1.54) is 25.2 Å². The second kappa shape index (κ2) is 7.26. The van der Waals surface area contributed by atoms with E-state index in [0.717, 1.165) is 10.7 Å². The summed E-state index contributed by atoms with van der Waals surface area (Å²) in [4.78, 5) is 11.5. The van der Waals surface area contributed by atoms with Crippen LogP contribution in [0.4, 0.5) is 0 Å². The molecular formula is C12H16Cl2N2O3S. The van der Waals surface area contributed by atoms with Crippen LogP contribution in [0.2, 0.25) is 10.0 Å². The number of nitrogens with one attached hydrogen (secondary N) is 1. The van der Waals surface area contributed by atoms with Gasteiger partial charge in [0.2, 0.25) is 15.9 Å². The predicted octanol–water partition coefficient (Wildman–Crippen LogP) is 2.14. The highest BCUT2D eigenvalue weighted by atomic mass is 35.5. The molecule has 20 heavy (non-hydrogen) atoms. The summed E-state index contributed by atoms with van der Waals surface area (Å²) >= 11 is 11.7. The van der Waals surface area contributed by atoms with Crippen LogP contribution in [0.15, 0.2) is 23.1 Å². The maximum atomic E-state index is 12.3. The third-order valence-corrected chi connectivity index (χ3v) is 5.04. The van der Waals surface area contributed by atoms with Gasteiger partial charge in [0, 0.05) is 18.6 Å². The molecule has 1 amide bonds. The van der Waals surface area contributed by atoms with Gasteiger partial charge in [0.05, 0.1) is 11.6 Å². The Labute approximate surface area is 128 Å². The van der Waals surface area contributed by atoms with Crippen molar-refractivity contribution in [2.24, 2.45) is 0 Å². The van der Waals surface area contributed by atoms with Gasteiger partial charge in [0.1, 0.15) is 4.90 Å². The molecule has 1 aromatic rings. The van der Waals surface area contributed by atoms with E-state index in [0.29, 0.717) is 6.54 Å². The minimum atomic E-state index is -3.86. The molecule has 0 heterocycles. The largest absolute Gasteiger partial charge is 0.355 e. The highest BCUT2D eigenvalue weighted by molar-refractivity contribution is 7.89. The molecule has 0 aliphatic rings. The predicted molar refractivity (Wildman–Crippen MR) is 79.6 cm³/mol. The monoisotopic (exact) mass is 338 g/mol. The minimum Gasteiger partial charge on any atom is -0.355 e. The summed E-state index contributed by atoms with van der Waals surface area (Å²) in [6.45, 7) is 2.14. The fourth-order valence-corrected chi connectivity index (χ4v) is 3.31. The van der Waals surface area contributed by atoms with Gasteiger partial charge in [0.25, 0.3) is 0 Å². The summed E-state index contributed by atoms with van der Waals surface area (Å²) in [6, 6.07) is 4.16. The average Bonchev–Trinajstić information content (AvgIpc) is 2.38. The Bertz CT molecular complexity index is 590. The first-order chi connectivity index (χ1) is 9.28. The lowest BCUT2D eigenvalue weighted by Gasteiger charge is -2.17. The van der Waals surface area contributed by atoms with Crippen molar-refractivity contribution in [2.45, 2.75) is 18.2 Å². The van der Waals surface area contributed by atoms with Gasteiger partial charge >= 0.3 is 0 Å². The molecule has 1 aromatic carbocycles. The zero-order chi connectivity index (χ0) is 15.3. The summed E-state index contributed by atoms with van der Waals surface area (Å²) in [7, 11) is -2.54. The highest BCUT2D eigenvalue weighted by Gasteiger charge is 2.25. The molecule has 5 nitrogen and oxygen atoms in total. The van der Waals surface area contributed by atoms with Crippen LogP contribution in [0.25, 0.3) is 0 Å². The first kappa shape index (κ1) is 17.2. The molecule has 0 bridgehead atoms. The van der Waals surface area contributed by atoms with E-state index in [1.807, 2.05) is 6.92 Å². The maximum Gasteiger partial charge on any atom is 0.244 e. The first-order valence-electron chi connectivity index (χ1n) is 5.97. The van der Waals surface area contributed by atoms with Crippen molar-refractivity contribution in [3.05, 3.63) is 28.2 Å². The van der Waals surface area contributed by atoms with E-state index >= 15 is 0 Å². The summed E-state index contributed by atoms with van der Waals surface area (Å²) in [5, 5.41) is 2.93. The quantitative estimate of drug-likeness (QED) is 0.864. The molecule has 8 heteroatoms. The van der Waals surface area contributed by atoms with E-state index in [-0.39, 0.29) is 27.4 Å². The highest BCUT2D eigenvalue weighted by Crippen LogP contribution is 2.26. The van der Waals surface area contributed by atoms with Crippen LogP contribution in [0.1, 0.15) is 13.3 Å². The van der Waals surface area contributed by atoms with Crippen molar-refractivity contribution >= 4 is 39.1 Å². The topological polar surface area (TPSA) is 66.5 Å². The molecule has 0 saturated carbocycles. The Morgan fingerprint density at radius 2 is 2.00 bits per heavy atom. The number of likely N-dealkylation sites (N-methyl/N-ethyl adjacent to an activating group) is 1. The van der Waals surface area contributed by atoms with Crippen LogP contribution in [0.5, 0.6) is 0 Å². The molecule has 0 radical (unpaired) electrons. The number of nitrogens with zero attached hydrogens (tertiary/aromatic N) is 1. The molecule has 112 valence electrons. The molecule has 0 spiro atoms. The van der Waals surface area contributed by atoms with Gasteiger partial charge in [-0.15, -0.1) is 0 Å². The lowest BCUT2D eigenvalue weighted by Crippen LogP contribution is -2.38. The molecule has 1 N–H and O–H groups in total. The number of sulfonamides is 1. The van der Waals surface area contributed by atoms with Gasteiger partial charge in [-0.25, -0.2) is 8.42 Å². The summed E-state index contributed by atoms with van der Waals surface area (Å²) in [5.74, 6) is -0.365. The van der Waals surface area contributed by atoms with Crippen molar-refractivity contribution in [3.63, 3.8) is 0 Å². The fourth-order valence-electron chi connectivity index (χ4n) is 1.45. The van der Waals surface area contributed by atoms with Crippen LogP contribution in [-0.4, -0.2) is 38.8 Å². The van der Waals surface area contributed by atoms with Crippen molar-refractivity contribution in [1.82, 2.24) is 9.62 Å². The summed E-state index contributed by atoms with van der Waals surface area (Å²) < 4.78 is 25.6. The number of amides is 1. The Hall–Kier alpha value is -0.820. The summed E-state index contributed by atoms with van der Waals surface area (Å²) in [5.41, 5.74) is 0. The van der Waals surface area contributed by atoms with Gasteiger partial charge in [-0.1, -0.05) is 30.1 Å². The number of carbonyl (C=O) groups is 1. The Balaban J connectivity index is 2.93. The standard InChI is InChI=1S/C12H16Cl2N2O3S/c1-3-6-15-12(17)8-16(2)20(18,19)11-7-9(13)4-5-10(11)14/h4-5,7H,3,6,8H2,1-2H3,(H,15,17). The molecule has 0 saturated heterocycles. The van der Waals surface area contributed by atoms with Gasteiger partial charge in [-0.05, 0) is 24.6 Å². The van der Waals surface area contributed by atoms with Crippen molar-refractivity contribution < 1.29 is 13.2 Å². The van der Waals surface area contributed by atoms with Crippen molar-refractivity contribution in [1.29, 1.82) is 0 Å². The second-order valence-electron chi connectivity index (χ2n) is 4.19. The number of halogens is 2. The van der Waals surface area contributed by atoms with Gasteiger partial charge in [0.15, 0.2) is 0 Å². The lowest BCUT2D eigenvalue weighted by molar-refractivity contribution is -0.121. The molecule has 0 aromatic heterocycles. The average molecular weight is 339 g/mol. The fraction of sp³-hybridized carbons (Fsp3) is 0.417. The smallest absolute Gasteiger partial charge is 0.244 e. The van der Waals surface area contributed by atoms with E-state index in [2.05, 4.69) is 5.32 Å². The number of hydrogen-bond donors (Lipinski definition) is 1. The molecule has 0 unspecified atom stereocenters. The van der Waals surface area contributed by atoms with Gasteiger partial charge in [-0.3, -0.25) is 4.79 Å². The maximum absolute atomic E-state index is 12.3. The Morgan fingerprint density at radius 3 is 2.60 bits per heavy atom. The number of carbonyl (C=O) groups excluding carboxylic acids is 1. The molecule has 1 rings (SSSR count). The van der Waals surface area contributed by atoms with E-state index in [4.69, 9.17) is 23.2 Å². The first-order valence-corrected chi connectivity index (χ1v) is 8.16. The van der Waals surface area contributed by atoms with Crippen LogP contribution in [0, 0.1) is 0 Å². The molecule has 0 fully saturated rings. The lowest BCUT2D eigenvalue weighted by atomic mass is 10.4. The third-order valence-electron chi connectivity index (χ3n) is 2.52. The van der Waals surface area contributed by atoms with E-state index in [9.17, 15) is 13.2 Å². The number of benzene rings is 1. The molecule has 0 atom stereocenters. The summed E-state index contributed by atoms with van der Waals surface area (Å²) in [6.07, 6.45) is 0.780.